The van der Waals surface area contributed by atoms with E-state index in [1.807, 2.05) is 37.5 Å². The molecule has 0 atom stereocenters. The summed E-state index contributed by atoms with van der Waals surface area (Å²) in [6, 6.07) is 3.79. The molecule has 0 bridgehead atoms. The van der Waals surface area contributed by atoms with Crippen LogP contribution in [0.3, 0.4) is 0 Å². The zero-order chi connectivity index (χ0) is 14.6. The van der Waals surface area contributed by atoms with Crippen molar-refractivity contribution in [3.8, 4) is 0 Å². The van der Waals surface area contributed by atoms with E-state index in [9.17, 15) is 4.79 Å². The lowest BCUT2D eigenvalue weighted by atomic mass is 10.2. The van der Waals surface area contributed by atoms with E-state index in [0.717, 1.165) is 24.1 Å². The van der Waals surface area contributed by atoms with Gasteiger partial charge in [-0.1, -0.05) is 0 Å². The number of aromatic nitrogens is 3. The van der Waals surface area contributed by atoms with Crippen LogP contribution in [0.2, 0.25) is 0 Å². The molecule has 6 heteroatoms. The number of alkyl carbamates (subject to hydrolysis) is 1. The van der Waals surface area contributed by atoms with Gasteiger partial charge in [0.2, 0.25) is 0 Å². The molecule has 2 aromatic rings. The second-order valence-electron chi connectivity index (χ2n) is 5.57. The number of fused-ring (bicyclic) bond motifs is 1. The fourth-order valence-electron chi connectivity index (χ4n) is 1.81. The van der Waals surface area contributed by atoms with Crippen LogP contribution in [0.15, 0.2) is 24.7 Å². The Morgan fingerprint density at radius 1 is 1.40 bits per heavy atom. The van der Waals surface area contributed by atoms with Gasteiger partial charge in [-0.15, -0.1) is 0 Å². The van der Waals surface area contributed by atoms with E-state index in [-0.39, 0.29) is 6.09 Å². The molecule has 0 aliphatic carbocycles. The third-order valence-corrected chi connectivity index (χ3v) is 2.62. The maximum Gasteiger partial charge on any atom is 0.407 e. The first-order valence-corrected chi connectivity index (χ1v) is 6.68. The van der Waals surface area contributed by atoms with Crippen LogP contribution >= 0.6 is 0 Å². The predicted octanol–water partition coefficient (Wildman–Crippen LogP) is 2.35. The molecule has 2 rings (SSSR count). The zero-order valence-corrected chi connectivity index (χ0v) is 12.1. The van der Waals surface area contributed by atoms with Crippen molar-refractivity contribution >= 4 is 17.3 Å². The minimum absolute atomic E-state index is 0.383. The van der Waals surface area contributed by atoms with Crippen molar-refractivity contribution in [2.45, 2.75) is 39.3 Å². The second-order valence-corrected chi connectivity index (χ2v) is 5.57. The number of carbonyl (C=O) groups excluding carboxylic acids is 1. The first kappa shape index (κ1) is 14.3. The first-order chi connectivity index (χ1) is 9.46. The zero-order valence-electron chi connectivity index (χ0n) is 12.1. The molecule has 0 spiro atoms. The molecule has 108 valence electrons. The standard InChI is InChI=1S/C14H20N4O2/c1-14(2,3)20-13(19)16-8-5-9-18-10-17-11-6-4-7-15-12(11)18/h4,6-7,10H,5,8-9H2,1-3H3,(H,16,19). The van der Waals surface area contributed by atoms with Crippen LogP contribution < -0.4 is 5.32 Å². The van der Waals surface area contributed by atoms with Crippen LogP contribution in [0.4, 0.5) is 4.79 Å². The Kier molecular flexibility index (Phi) is 4.22. The van der Waals surface area contributed by atoms with Crippen molar-refractivity contribution in [3.63, 3.8) is 0 Å². The summed E-state index contributed by atoms with van der Waals surface area (Å²) in [6.45, 7) is 6.84. The predicted molar refractivity (Wildman–Crippen MR) is 76.4 cm³/mol. The van der Waals surface area contributed by atoms with Gasteiger partial charge in [0, 0.05) is 19.3 Å². The maximum absolute atomic E-state index is 11.5. The Labute approximate surface area is 118 Å². The van der Waals surface area contributed by atoms with E-state index < -0.39 is 5.60 Å². The van der Waals surface area contributed by atoms with Gasteiger partial charge in [0.1, 0.15) is 11.1 Å². The monoisotopic (exact) mass is 276 g/mol. The van der Waals surface area contributed by atoms with E-state index in [4.69, 9.17) is 4.74 Å². The van der Waals surface area contributed by atoms with E-state index in [0.29, 0.717) is 6.54 Å². The summed E-state index contributed by atoms with van der Waals surface area (Å²) in [4.78, 5) is 20.0. The number of rotatable bonds is 4. The van der Waals surface area contributed by atoms with Gasteiger partial charge in [0.05, 0.1) is 6.33 Å². The molecule has 0 aliphatic heterocycles. The van der Waals surface area contributed by atoms with Gasteiger partial charge in [-0.05, 0) is 39.3 Å². The Hall–Kier alpha value is -2.11. The number of amides is 1. The quantitative estimate of drug-likeness (QED) is 0.870. The fourth-order valence-corrected chi connectivity index (χ4v) is 1.81. The Balaban J connectivity index is 1.78. The number of imidazole rings is 1. The molecule has 0 saturated heterocycles. The van der Waals surface area contributed by atoms with Crippen molar-refractivity contribution in [2.24, 2.45) is 0 Å². The lowest BCUT2D eigenvalue weighted by molar-refractivity contribution is 0.0527. The highest BCUT2D eigenvalue weighted by atomic mass is 16.6. The topological polar surface area (TPSA) is 69.0 Å². The molecule has 1 amide bonds. The van der Waals surface area contributed by atoms with Crippen LogP contribution in [0.1, 0.15) is 27.2 Å². The van der Waals surface area contributed by atoms with E-state index in [1.165, 1.54) is 0 Å². The molecule has 2 heterocycles. The molecule has 20 heavy (non-hydrogen) atoms. The molecule has 0 aliphatic rings. The summed E-state index contributed by atoms with van der Waals surface area (Å²) < 4.78 is 7.14. The summed E-state index contributed by atoms with van der Waals surface area (Å²) in [5.74, 6) is 0. The van der Waals surface area contributed by atoms with E-state index in [1.54, 1.807) is 12.5 Å². The molecular formula is C14H20N4O2. The van der Waals surface area contributed by atoms with Crippen molar-refractivity contribution in [2.75, 3.05) is 6.54 Å². The number of carbonyl (C=O) groups is 1. The normalized spacial score (nSPS) is 11.6. The van der Waals surface area contributed by atoms with Gasteiger partial charge in [-0.25, -0.2) is 14.8 Å². The minimum atomic E-state index is -0.464. The second kappa shape index (κ2) is 5.90. The maximum atomic E-state index is 11.5. The van der Waals surface area contributed by atoms with Crippen LogP contribution in [0.25, 0.3) is 11.2 Å². The highest BCUT2D eigenvalue weighted by molar-refractivity contribution is 5.70. The third kappa shape index (κ3) is 3.94. The number of pyridine rings is 1. The third-order valence-electron chi connectivity index (χ3n) is 2.62. The van der Waals surface area contributed by atoms with Gasteiger partial charge >= 0.3 is 6.09 Å². The van der Waals surface area contributed by atoms with Gasteiger partial charge in [0.25, 0.3) is 0 Å². The summed E-state index contributed by atoms with van der Waals surface area (Å²) in [5.41, 5.74) is 1.28. The number of nitrogens with one attached hydrogen (secondary N) is 1. The van der Waals surface area contributed by atoms with Gasteiger partial charge < -0.3 is 14.6 Å². The lowest BCUT2D eigenvalue weighted by Crippen LogP contribution is -2.33. The summed E-state index contributed by atoms with van der Waals surface area (Å²) in [5, 5.41) is 2.73. The highest BCUT2D eigenvalue weighted by Crippen LogP contribution is 2.09. The summed E-state index contributed by atoms with van der Waals surface area (Å²) in [6.07, 6.45) is 3.93. The van der Waals surface area contributed by atoms with Gasteiger partial charge in [0.15, 0.2) is 5.65 Å². The largest absolute Gasteiger partial charge is 0.444 e. The molecule has 0 fully saturated rings. The lowest BCUT2D eigenvalue weighted by Gasteiger charge is -2.19. The van der Waals surface area contributed by atoms with Gasteiger partial charge in [-0.3, -0.25) is 0 Å². The summed E-state index contributed by atoms with van der Waals surface area (Å²) >= 11 is 0. The molecule has 0 radical (unpaired) electrons. The average molecular weight is 276 g/mol. The molecule has 0 saturated carbocycles. The van der Waals surface area contributed by atoms with E-state index >= 15 is 0 Å². The van der Waals surface area contributed by atoms with Crippen molar-refractivity contribution < 1.29 is 9.53 Å². The smallest absolute Gasteiger partial charge is 0.407 e. The molecule has 2 aromatic heterocycles. The number of ether oxygens (including phenoxy) is 1. The summed E-state index contributed by atoms with van der Waals surface area (Å²) in [7, 11) is 0. The average Bonchev–Trinajstić information content (AvgIpc) is 2.76. The Morgan fingerprint density at radius 3 is 2.95 bits per heavy atom. The van der Waals surface area contributed by atoms with Crippen LogP contribution in [0.5, 0.6) is 0 Å². The number of nitrogens with zero attached hydrogens (tertiary/aromatic N) is 3. The molecule has 0 unspecified atom stereocenters. The number of aryl methyl sites for hydroxylation is 1. The van der Waals surface area contributed by atoms with Crippen LogP contribution in [-0.4, -0.2) is 32.8 Å². The van der Waals surface area contributed by atoms with Crippen LogP contribution in [-0.2, 0) is 11.3 Å². The fraction of sp³-hybridized carbons (Fsp3) is 0.500. The molecular weight excluding hydrogens is 256 g/mol. The van der Waals surface area contributed by atoms with E-state index in [2.05, 4.69) is 15.3 Å². The Morgan fingerprint density at radius 2 is 2.20 bits per heavy atom. The van der Waals surface area contributed by atoms with Gasteiger partial charge in [-0.2, -0.15) is 0 Å². The van der Waals surface area contributed by atoms with Crippen LogP contribution in [0, 0.1) is 0 Å². The SMILES string of the molecule is CC(C)(C)OC(=O)NCCCn1cnc2cccnc21. The molecule has 0 aromatic carbocycles. The van der Waals surface area contributed by atoms with Crippen molar-refractivity contribution in [1.29, 1.82) is 0 Å². The minimum Gasteiger partial charge on any atom is -0.444 e. The first-order valence-electron chi connectivity index (χ1n) is 6.68. The number of hydrogen-bond donors (Lipinski definition) is 1. The van der Waals surface area contributed by atoms with Crippen molar-refractivity contribution in [3.05, 3.63) is 24.7 Å². The Bertz CT molecular complexity index is 586. The van der Waals surface area contributed by atoms with Crippen molar-refractivity contribution in [1.82, 2.24) is 19.9 Å². The highest BCUT2D eigenvalue weighted by Gasteiger charge is 2.15. The number of hydrogen-bond acceptors (Lipinski definition) is 4. The molecule has 1 N–H and O–H groups in total. The molecule has 6 nitrogen and oxygen atoms in total.